The molecule has 1 aliphatic rings. The van der Waals surface area contributed by atoms with E-state index in [-0.39, 0.29) is 0 Å². The van der Waals surface area contributed by atoms with Crippen LogP contribution in [0.25, 0.3) is 5.69 Å². The highest BCUT2D eigenvalue weighted by molar-refractivity contribution is 6.03. The monoisotopic (exact) mass is 323 g/mol. The van der Waals surface area contributed by atoms with Gasteiger partial charge in [-0.2, -0.15) is 0 Å². The van der Waals surface area contributed by atoms with E-state index in [0.29, 0.717) is 0 Å². The predicted molar refractivity (Wildman–Crippen MR) is 103 cm³/mol. The van der Waals surface area contributed by atoms with Gasteiger partial charge in [-0.25, -0.2) is 0 Å². The summed E-state index contributed by atoms with van der Waals surface area (Å²) >= 11 is 0. The smallest absolute Gasteiger partial charge is 0.0575 e. The van der Waals surface area contributed by atoms with E-state index in [0.717, 1.165) is 6.54 Å². The first-order valence-electron chi connectivity index (χ1n) is 9.04. The van der Waals surface area contributed by atoms with Gasteiger partial charge in [-0.05, 0) is 64.9 Å². The van der Waals surface area contributed by atoms with Gasteiger partial charge in [0.2, 0.25) is 0 Å². The molecule has 0 N–H and O–H groups in total. The van der Waals surface area contributed by atoms with Crippen LogP contribution < -0.4 is 0 Å². The maximum atomic E-state index is 4.64. The lowest BCUT2D eigenvalue weighted by atomic mass is 10.1. The second-order valence-corrected chi connectivity index (χ2v) is 6.96. The Morgan fingerprint density at radius 2 is 1.67 bits per heavy atom. The Hall–Kier alpha value is -1.87. The number of rotatable bonds is 4. The molecule has 128 valence electrons. The molecule has 0 amide bonds. The SMILES string of the molecule is CN=C(CN1CCCCC1)c1cc(C)n(-c2ccc(C)cc2)c1C. The lowest BCUT2D eigenvalue weighted by Gasteiger charge is -2.27. The zero-order valence-electron chi connectivity index (χ0n) is 15.5. The van der Waals surface area contributed by atoms with Crippen LogP contribution in [0.2, 0.25) is 0 Å². The molecule has 1 fully saturated rings. The summed E-state index contributed by atoms with van der Waals surface area (Å²) in [5.41, 5.74) is 7.59. The minimum atomic E-state index is 0.967. The molecule has 0 unspecified atom stereocenters. The first-order valence-corrected chi connectivity index (χ1v) is 9.04. The normalized spacial score (nSPS) is 16.6. The molecule has 24 heavy (non-hydrogen) atoms. The number of aryl methyl sites for hydroxylation is 2. The van der Waals surface area contributed by atoms with Crippen molar-refractivity contribution < 1.29 is 0 Å². The van der Waals surface area contributed by atoms with Crippen molar-refractivity contribution in [1.29, 1.82) is 0 Å². The maximum Gasteiger partial charge on any atom is 0.0575 e. The van der Waals surface area contributed by atoms with Gasteiger partial charge < -0.3 is 4.57 Å². The molecule has 0 radical (unpaired) electrons. The number of hydrogen-bond acceptors (Lipinski definition) is 2. The summed E-state index contributed by atoms with van der Waals surface area (Å²) in [7, 11) is 1.93. The summed E-state index contributed by atoms with van der Waals surface area (Å²) in [4.78, 5) is 7.18. The Labute approximate surface area is 146 Å². The Morgan fingerprint density at radius 3 is 2.29 bits per heavy atom. The van der Waals surface area contributed by atoms with Gasteiger partial charge in [0.1, 0.15) is 0 Å². The van der Waals surface area contributed by atoms with Crippen molar-refractivity contribution in [3.8, 4) is 5.69 Å². The molecule has 1 aromatic carbocycles. The lowest BCUT2D eigenvalue weighted by molar-refractivity contribution is 0.258. The maximum absolute atomic E-state index is 4.64. The van der Waals surface area contributed by atoms with Crippen LogP contribution in [0.1, 0.15) is 41.8 Å². The third-order valence-corrected chi connectivity index (χ3v) is 5.13. The molecule has 0 bridgehead atoms. The van der Waals surface area contributed by atoms with E-state index >= 15 is 0 Å². The van der Waals surface area contributed by atoms with Crippen molar-refractivity contribution in [3.63, 3.8) is 0 Å². The molecule has 3 heteroatoms. The van der Waals surface area contributed by atoms with Crippen molar-refractivity contribution in [3.05, 3.63) is 52.8 Å². The Morgan fingerprint density at radius 1 is 1.00 bits per heavy atom. The van der Waals surface area contributed by atoms with Gasteiger partial charge in [-0.15, -0.1) is 0 Å². The van der Waals surface area contributed by atoms with Gasteiger partial charge >= 0.3 is 0 Å². The van der Waals surface area contributed by atoms with Crippen LogP contribution in [0.15, 0.2) is 35.3 Å². The van der Waals surface area contributed by atoms with Crippen LogP contribution >= 0.6 is 0 Å². The van der Waals surface area contributed by atoms with E-state index in [1.54, 1.807) is 0 Å². The first kappa shape index (κ1) is 17.0. The number of benzene rings is 1. The van der Waals surface area contributed by atoms with Gasteiger partial charge in [-0.1, -0.05) is 24.1 Å². The van der Waals surface area contributed by atoms with E-state index < -0.39 is 0 Å². The summed E-state index contributed by atoms with van der Waals surface area (Å²) in [6.07, 6.45) is 4.01. The van der Waals surface area contributed by atoms with Gasteiger partial charge in [0, 0.05) is 36.2 Å². The summed E-state index contributed by atoms with van der Waals surface area (Å²) in [5, 5.41) is 0. The molecule has 2 heterocycles. The Balaban J connectivity index is 1.90. The van der Waals surface area contributed by atoms with Gasteiger partial charge in [-0.3, -0.25) is 9.89 Å². The van der Waals surface area contributed by atoms with Crippen molar-refractivity contribution in [2.45, 2.75) is 40.0 Å². The minimum absolute atomic E-state index is 0.967. The zero-order chi connectivity index (χ0) is 17.1. The van der Waals surface area contributed by atoms with Crippen LogP contribution in [0.5, 0.6) is 0 Å². The molecule has 0 spiro atoms. The quantitative estimate of drug-likeness (QED) is 0.768. The van der Waals surface area contributed by atoms with Crippen LogP contribution in [0.3, 0.4) is 0 Å². The predicted octanol–water partition coefficient (Wildman–Crippen LogP) is 4.31. The van der Waals surface area contributed by atoms with Crippen molar-refractivity contribution in [1.82, 2.24) is 9.47 Å². The number of nitrogens with zero attached hydrogens (tertiary/aromatic N) is 3. The second-order valence-electron chi connectivity index (χ2n) is 6.96. The standard InChI is InChI=1S/C21H29N3/c1-16-8-10-19(11-9-16)24-17(2)14-20(18(24)3)21(22-4)15-23-12-6-5-7-13-23/h8-11,14H,5-7,12-13,15H2,1-4H3. The Bertz CT molecular complexity index is 716. The number of aliphatic imine (C=N–C) groups is 1. The van der Waals surface area contributed by atoms with Gasteiger partial charge in [0.25, 0.3) is 0 Å². The zero-order valence-corrected chi connectivity index (χ0v) is 15.5. The topological polar surface area (TPSA) is 20.5 Å². The highest BCUT2D eigenvalue weighted by Crippen LogP contribution is 2.22. The molecule has 1 aromatic heterocycles. The first-order chi connectivity index (χ1) is 11.6. The number of likely N-dealkylation sites (tertiary alicyclic amines) is 1. The van der Waals surface area contributed by atoms with Crippen LogP contribution in [-0.4, -0.2) is 41.9 Å². The third kappa shape index (κ3) is 3.46. The summed E-state index contributed by atoms with van der Waals surface area (Å²) in [5.74, 6) is 0. The molecular weight excluding hydrogens is 294 g/mol. The van der Waals surface area contributed by atoms with Crippen molar-refractivity contribution in [2.75, 3.05) is 26.7 Å². The molecule has 0 atom stereocenters. The second kappa shape index (κ2) is 7.35. The molecule has 3 rings (SSSR count). The molecule has 1 aliphatic heterocycles. The average molecular weight is 323 g/mol. The minimum Gasteiger partial charge on any atom is -0.318 e. The van der Waals surface area contributed by atoms with Crippen LogP contribution in [0.4, 0.5) is 0 Å². The summed E-state index contributed by atoms with van der Waals surface area (Å²) in [6, 6.07) is 11.0. The fraction of sp³-hybridized carbons (Fsp3) is 0.476. The summed E-state index contributed by atoms with van der Waals surface area (Å²) < 4.78 is 2.34. The molecular formula is C21H29N3. The van der Waals surface area contributed by atoms with E-state index in [2.05, 4.69) is 65.6 Å². The highest BCUT2D eigenvalue weighted by Gasteiger charge is 2.18. The Kier molecular flexibility index (Phi) is 5.20. The van der Waals surface area contributed by atoms with E-state index in [1.807, 2.05) is 7.05 Å². The molecule has 0 saturated carbocycles. The van der Waals surface area contributed by atoms with Crippen molar-refractivity contribution in [2.24, 2.45) is 4.99 Å². The van der Waals surface area contributed by atoms with E-state index in [4.69, 9.17) is 0 Å². The molecule has 0 aliphatic carbocycles. The van der Waals surface area contributed by atoms with Crippen molar-refractivity contribution >= 4 is 5.71 Å². The van der Waals surface area contributed by atoms with Gasteiger partial charge in [0.15, 0.2) is 0 Å². The number of piperidine rings is 1. The average Bonchev–Trinajstić information content (AvgIpc) is 2.89. The van der Waals surface area contributed by atoms with Crippen LogP contribution in [0, 0.1) is 20.8 Å². The highest BCUT2D eigenvalue weighted by atomic mass is 15.1. The van der Waals surface area contributed by atoms with E-state index in [1.165, 1.54) is 66.3 Å². The number of hydrogen-bond donors (Lipinski definition) is 0. The number of aromatic nitrogens is 1. The fourth-order valence-electron chi connectivity index (χ4n) is 3.75. The molecule has 1 saturated heterocycles. The van der Waals surface area contributed by atoms with Crippen LogP contribution in [-0.2, 0) is 0 Å². The largest absolute Gasteiger partial charge is 0.318 e. The third-order valence-electron chi connectivity index (χ3n) is 5.13. The lowest BCUT2D eigenvalue weighted by Crippen LogP contribution is -2.35. The molecule has 3 nitrogen and oxygen atoms in total. The van der Waals surface area contributed by atoms with Gasteiger partial charge in [0.05, 0.1) is 5.71 Å². The summed E-state index contributed by atoms with van der Waals surface area (Å²) in [6.45, 7) is 9.90. The van der Waals surface area contributed by atoms with E-state index in [9.17, 15) is 0 Å². The fourth-order valence-corrected chi connectivity index (χ4v) is 3.75. The molecule has 2 aromatic rings.